The van der Waals surface area contributed by atoms with Gasteiger partial charge in [0.25, 0.3) is 0 Å². The predicted molar refractivity (Wildman–Crippen MR) is 54.9 cm³/mol. The molecule has 0 heteroatoms. The van der Waals surface area contributed by atoms with Crippen molar-refractivity contribution >= 4 is 6.08 Å². The van der Waals surface area contributed by atoms with E-state index in [1.165, 1.54) is 11.1 Å². The van der Waals surface area contributed by atoms with Gasteiger partial charge in [0.15, 0.2) is 0 Å². The Balaban J connectivity index is 2.89. The summed E-state index contributed by atoms with van der Waals surface area (Å²) in [6.45, 7) is 7.98. The van der Waals surface area contributed by atoms with Crippen molar-refractivity contribution in [1.29, 1.82) is 0 Å². The van der Waals surface area contributed by atoms with E-state index in [0.29, 0.717) is 0 Å². The molecule has 12 heavy (non-hydrogen) atoms. The summed E-state index contributed by atoms with van der Waals surface area (Å²) in [6, 6.07) is 10.3. The molecule has 0 N–H and O–H groups in total. The van der Waals surface area contributed by atoms with Gasteiger partial charge >= 0.3 is 0 Å². The Morgan fingerprint density at radius 3 is 2.25 bits per heavy atom. The number of hydrogen-bond acceptors (Lipinski definition) is 0. The molecule has 0 atom stereocenters. The van der Waals surface area contributed by atoms with E-state index < -0.39 is 0 Å². The summed E-state index contributed by atoms with van der Waals surface area (Å²) in [4.78, 5) is 0. The van der Waals surface area contributed by atoms with Crippen LogP contribution in [0.2, 0.25) is 0 Å². The van der Waals surface area contributed by atoms with E-state index in [-0.39, 0.29) is 0 Å². The third kappa shape index (κ3) is 2.39. The van der Waals surface area contributed by atoms with Crippen LogP contribution >= 0.6 is 0 Å². The van der Waals surface area contributed by atoms with Crippen LogP contribution in [-0.4, -0.2) is 0 Å². The molecule has 0 aromatic heterocycles. The summed E-state index contributed by atoms with van der Waals surface area (Å²) in [5.74, 6) is 0. The molecule has 0 spiro atoms. The monoisotopic (exact) mass is 158 g/mol. The minimum absolute atomic E-state index is 1.12. The molecule has 0 aliphatic rings. The highest BCUT2D eigenvalue weighted by molar-refractivity contribution is 5.56. The molecule has 1 aromatic rings. The Morgan fingerprint density at radius 1 is 1.17 bits per heavy atom. The van der Waals surface area contributed by atoms with Gasteiger partial charge in [0.2, 0.25) is 0 Å². The number of hydrogen-bond donors (Lipinski definition) is 0. The van der Waals surface area contributed by atoms with Gasteiger partial charge in [0.1, 0.15) is 0 Å². The van der Waals surface area contributed by atoms with E-state index >= 15 is 0 Å². The number of benzene rings is 1. The molecule has 0 unspecified atom stereocenters. The van der Waals surface area contributed by atoms with Gasteiger partial charge in [-0.05, 0) is 25.0 Å². The average molecular weight is 158 g/mol. The molecule has 0 fully saturated rings. The van der Waals surface area contributed by atoms with Gasteiger partial charge in [0, 0.05) is 0 Å². The molecule has 62 valence electrons. The maximum Gasteiger partial charge on any atom is -0.0254 e. The fraction of sp³-hybridized carbons (Fsp3) is 0.167. The van der Waals surface area contributed by atoms with Crippen LogP contribution in [-0.2, 0) is 0 Å². The molecule has 0 nitrogen and oxygen atoms in total. The number of allylic oxidation sites excluding steroid dienone is 2. The first-order valence-corrected chi connectivity index (χ1v) is 4.09. The second kappa shape index (κ2) is 3.91. The summed E-state index contributed by atoms with van der Waals surface area (Å²) in [5.41, 5.74) is 3.60. The quantitative estimate of drug-likeness (QED) is 0.576. The first-order valence-electron chi connectivity index (χ1n) is 4.09. The van der Waals surface area contributed by atoms with Crippen LogP contribution in [0.4, 0.5) is 0 Å². The van der Waals surface area contributed by atoms with Crippen molar-refractivity contribution in [2.75, 3.05) is 0 Å². The Labute approximate surface area is 74.2 Å². The Bertz CT molecular complexity index is 291. The molecule has 1 rings (SSSR count). The molecular formula is C12H14. The lowest BCUT2D eigenvalue weighted by Crippen LogP contribution is -1.76. The van der Waals surface area contributed by atoms with E-state index in [1.807, 2.05) is 25.1 Å². The normalized spacial score (nSPS) is 11.3. The minimum Gasteiger partial charge on any atom is -0.0958 e. The Morgan fingerprint density at radius 2 is 1.75 bits per heavy atom. The minimum atomic E-state index is 1.12. The molecule has 0 radical (unpaired) electrons. The van der Waals surface area contributed by atoms with Crippen molar-refractivity contribution in [1.82, 2.24) is 0 Å². The molecule has 0 saturated carbocycles. The van der Waals surface area contributed by atoms with E-state index in [2.05, 4.69) is 31.7 Å². The fourth-order valence-electron chi connectivity index (χ4n) is 0.922. The maximum atomic E-state index is 3.88. The number of rotatable bonds is 2. The van der Waals surface area contributed by atoms with E-state index in [1.54, 1.807) is 0 Å². The van der Waals surface area contributed by atoms with Crippen molar-refractivity contribution in [2.24, 2.45) is 0 Å². The predicted octanol–water partition coefficient (Wildman–Crippen LogP) is 3.67. The molecule has 0 bridgehead atoms. The molecular weight excluding hydrogens is 144 g/mol. The molecule has 0 aliphatic heterocycles. The van der Waals surface area contributed by atoms with Gasteiger partial charge in [0.05, 0.1) is 0 Å². The highest BCUT2D eigenvalue weighted by Gasteiger charge is 1.89. The standard InChI is InChI=1S/C12H14/c1-10(2)11(3)9-12-7-5-4-6-8-12/h4-9H,1H2,2-3H3/b11-9+. The van der Waals surface area contributed by atoms with Crippen molar-refractivity contribution in [3.8, 4) is 0 Å². The van der Waals surface area contributed by atoms with Crippen LogP contribution in [0, 0.1) is 0 Å². The van der Waals surface area contributed by atoms with Gasteiger partial charge in [-0.15, -0.1) is 0 Å². The highest BCUT2D eigenvalue weighted by Crippen LogP contribution is 2.11. The van der Waals surface area contributed by atoms with E-state index in [9.17, 15) is 0 Å². The van der Waals surface area contributed by atoms with Crippen molar-refractivity contribution in [2.45, 2.75) is 13.8 Å². The van der Waals surface area contributed by atoms with Gasteiger partial charge in [-0.25, -0.2) is 0 Å². The first-order chi connectivity index (χ1) is 5.70. The zero-order valence-corrected chi connectivity index (χ0v) is 7.67. The third-order valence-electron chi connectivity index (χ3n) is 1.86. The lowest BCUT2D eigenvalue weighted by Gasteiger charge is -1.98. The summed E-state index contributed by atoms with van der Waals surface area (Å²) in [7, 11) is 0. The third-order valence-corrected chi connectivity index (χ3v) is 1.86. The summed E-state index contributed by atoms with van der Waals surface area (Å²) >= 11 is 0. The second-order valence-corrected chi connectivity index (χ2v) is 3.02. The lowest BCUT2D eigenvalue weighted by atomic mass is 10.1. The Kier molecular flexibility index (Phi) is 2.87. The SMILES string of the molecule is C=C(C)/C(C)=C/c1ccccc1. The lowest BCUT2D eigenvalue weighted by molar-refractivity contribution is 1.38. The van der Waals surface area contributed by atoms with Crippen LogP contribution in [0.15, 0.2) is 48.1 Å². The van der Waals surface area contributed by atoms with Crippen LogP contribution in [0.1, 0.15) is 19.4 Å². The zero-order chi connectivity index (χ0) is 8.97. The van der Waals surface area contributed by atoms with Crippen molar-refractivity contribution in [3.05, 3.63) is 53.6 Å². The van der Waals surface area contributed by atoms with Gasteiger partial charge < -0.3 is 0 Å². The molecule has 0 saturated heterocycles. The summed E-state index contributed by atoms with van der Waals surface area (Å²) in [5, 5.41) is 0. The second-order valence-electron chi connectivity index (χ2n) is 3.02. The largest absolute Gasteiger partial charge is 0.0958 e. The van der Waals surface area contributed by atoms with Crippen molar-refractivity contribution < 1.29 is 0 Å². The fourth-order valence-corrected chi connectivity index (χ4v) is 0.922. The first kappa shape index (κ1) is 8.79. The Hall–Kier alpha value is -1.30. The van der Waals surface area contributed by atoms with Gasteiger partial charge in [-0.1, -0.05) is 48.6 Å². The van der Waals surface area contributed by atoms with E-state index in [0.717, 1.165) is 5.57 Å². The maximum absolute atomic E-state index is 3.88. The zero-order valence-electron chi connectivity index (χ0n) is 7.67. The van der Waals surface area contributed by atoms with Crippen molar-refractivity contribution in [3.63, 3.8) is 0 Å². The van der Waals surface area contributed by atoms with Crippen LogP contribution < -0.4 is 0 Å². The molecule has 0 heterocycles. The smallest absolute Gasteiger partial charge is 0.0254 e. The van der Waals surface area contributed by atoms with Crippen LogP contribution in [0.3, 0.4) is 0 Å². The summed E-state index contributed by atoms with van der Waals surface area (Å²) < 4.78 is 0. The molecule has 1 aromatic carbocycles. The van der Waals surface area contributed by atoms with Gasteiger partial charge in [-0.3, -0.25) is 0 Å². The van der Waals surface area contributed by atoms with Gasteiger partial charge in [-0.2, -0.15) is 0 Å². The van der Waals surface area contributed by atoms with Crippen LogP contribution in [0.25, 0.3) is 6.08 Å². The van der Waals surface area contributed by atoms with E-state index in [4.69, 9.17) is 0 Å². The molecule has 0 amide bonds. The molecule has 0 aliphatic carbocycles. The average Bonchev–Trinajstić information content (AvgIpc) is 2.06. The topological polar surface area (TPSA) is 0 Å². The summed E-state index contributed by atoms with van der Waals surface area (Å²) in [6.07, 6.45) is 2.14. The van der Waals surface area contributed by atoms with Crippen LogP contribution in [0.5, 0.6) is 0 Å². The highest BCUT2D eigenvalue weighted by atomic mass is 14.0.